The predicted molar refractivity (Wildman–Crippen MR) is 71.3 cm³/mol. The number of likely N-dealkylation sites (tertiary alicyclic amines) is 1. The van der Waals surface area contributed by atoms with Gasteiger partial charge in [0.1, 0.15) is 0 Å². The van der Waals surface area contributed by atoms with E-state index in [0.29, 0.717) is 25.9 Å². The molecule has 0 aromatic rings. The summed E-state index contributed by atoms with van der Waals surface area (Å²) >= 11 is 0. The number of hydrogen-bond donors (Lipinski definition) is 2. The summed E-state index contributed by atoms with van der Waals surface area (Å²) < 4.78 is 0. The molecular formula is C13H23N3O3. The van der Waals surface area contributed by atoms with Crippen LogP contribution < -0.4 is 11.1 Å². The molecule has 0 saturated carbocycles. The third-order valence-electron chi connectivity index (χ3n) is 3.45. The average Bonchev–Trinajstić information content (AvgIpc) is 2.84. The Bertz CT molecular complexity index is 357. The molecule has 6 nitrogen and oxygen atoms in total. The molecule has 0 spiro atoms. The van der Waals surface area contributed by atoms with Gasteiger partial charge in [0.2, 0.25) is 11.7 Å². The van der Waals surface area contributed by atoms with Crippen LogP contribution >= 0.6 is 0 Å². The summed E-state index contributed by atoms with van der Waals surface area (Å²) in [6, 6.07) is -0.952. The van der Waals surface area contributed by atoms with Crippen molar-refractivity contribution in [1.29, 1.82) is 0 Å². The van der Waals surface area contributed by atoms with Gasteiger partial charge in [-0.3, -0.25) is 19.3 Å². The number of ketones is 1. The van der Waals surface area contributed by atoms with Crippen LogP contribution in [0.3, 0.4) is 0 Å². The number of nitrogens with zero attached hydrogens (tertiary/aromatic N) is 1. The highest BCUT2D eigenvalue weighted by molar-refractivity contribution is 6.38. The molecule has 0 aromatic heterocycles. The van der Waals surface area contributed by atoms with Crippen LogP contribution in [0.5, 0.6) is 0 Å². The van der Waals surface area contributed by atoms with Crippen LogP contribution in [0.25, 0.3) is 0 Å². The number of primary amides is 1. The number of hydrogen-bond acceptors (Lipinski definition) is 4. The van der Waals surface area contributed by atoms with Crippen molar-refractivity contribution in [3.8, 4) is 0 Å². The molecule has 1 aliphatic heterocycles. The second-order valence-electron chi connectivity index (χ2n) is 4.83. The monoisotopic (exact) mass is 269 g/mol. The summed E-state index contributed by atoms with van der Waals surface area (Å²) in [7, 11) is 0. The van der Waals surface area contributed by atoms with E-state index in [1.165, 1.54) is 0 Å². The van der Waals surface area contributed by atoms with Crippen LogP contribution in [0.4, 0.5) is 0 Å². The Hall–Kier alpha value is -1.43. The van der Waals surface area contributed by atoms with E-state index in [9.17, 15) is 14.4 Å². The Morgan fingerprint density at radius 2 is 2.05 bits per heavy atom. The first-order chi connectivity index (χ1) is 9.02. The lowest BCUT2D eigenvalue weighted by molar-refractivity contribution is -0.142. The van der Waals surface area contributed by atoms with Gasteiger partial charge in [-0.15, -0.1) is 0 Å². The number of Topliss-reactive ketones (excluding diaryl/α,β-unsaturated/α-hetero) is 1. The highest BCUT2D eigenvalue weighted by Gasteiger charge is 2.38. The molecule has 2 atom stereocenters. The van der Waals surface area contributed by atoms with Crippen LogP contribution in [-0.4, -0.2) is 47.7 Å². The molecule has 3 N–H and O–H groups in total. The third kappa shape index (κ3) is 3.76. The number of likely N-dealkylation sites (N-methyl/N-ethyl adjacent to an activating group) is 1. The zero-order valence-corrected chi connectivity index (χ0v) is 11.6. The van der Waals surface area contributed by atoms with Crippen molar-refractivity contribution in [2.45, 2.75) is 51.6 Å². The molecule has 1 fully saturated rings. The van der Waals surface area contributed by atoms with Gasteiger partial charge in [-0.1, -0.05) is 13.3 Å². The van der Waals surface area contributed by atoms with Crippen molar-refractivity contribution < 1.29 is 14.4 Å². The van der Waals surface area contributed by atoms with E-state index in [-0.39, 0.29) is 0 Å². The van der Waals surface area contributed by atoms with E-state index in [1.807, 2.05) is 6.92 Å². The Kier molecular flexibility index (Phi) is 5.95. The number of rotatable bonds is 7. The van der Waals surface area contributed by atoms with Crippen LogP contribution in [-0.2, 0) is 14.4 Å². The SMILES string of the molecule is CCC[C@@H](C(=O)C(=O)NCC)N1CCCC1C(N)=O. The van der Waals surface area contributed by atoms with Gasteiger partial charge in [0.05, 0.1) is 12.1 Å². The van der Waals surface area contributed by atoms with Gasteiger partial charge >= 0.3 is 0 Å². The third-order valence-corrected chi connectivity index (χ3v) is 3.45. The molecule has 108 valence electrons. The lowest BCUT2D eigenvalue weighted by Crippen LogP contribution is -2.52. The van der Waals surface area contributed by atoms with Gasteiger partial charge in [0.15, 0.2) is 0 Å². The first kappa shape index (κ1) is 15.6. The second kappa shape index (κ2) is 7.23. The maximum absolute atomic E-state index is 12.2. The quantitative estimate of drug-likeness (QED) is 0.627. The minimum absolute atomic E-state index is 0.415. The molecule has 0 aromatic carbocycles. The van der Waals surface area contributed by atoms with Gasteiger partial charge < -0.3 is 11.1 Å². The van der Waals surface area contributed by atoms with Crippen LogP contribution in [0.15, 0.2) is 0 Å². The molecule has 0 bridgehead atoms. The lowest BCUT2D eigenvalue weighted by atomic mass is 10.0. The summed E-state index contributed by atoms with van der Waals surface area (Å²) in [6.45, 7) is 4.78. The topological polar surface area (TPSA) is 92.5 Å². The summed E-state index contributed by atoms with van der Waals surface area (Å²) in [5.41, 5.74) is 5.36. The minimum atomic E-state index is -0.573. The fraction of sp³-hybridized carbons (Fsp3) is 0.769. The van der Waals surface area contributed by atoms with Crippen molar-refractivity contribution in [2.75, 3.05) is 13.1 Å². The summed E-state index contributed by atoms with van der Waals surface area (Å²) in [5, 5.41) is 2.52. The van der Waals surface area contributed by atoms with E-state index in [1.54, 1.807) is 11.8 Å². The molecule has 19 heavy (non-hydrogen) atoms. The van der Waals surface area contributed by atoms with Gasteiger partial charge in [0, 0.05) is 6.54 Å². The van der Waals surface area contributed by atoms with Crippen LogP contribution in [0, 0.1) is 0 Å². The highest BCUT2D eigenvalue weighted by atomic mass is 16.2. The predicted octanol–water partition coefficient (Wildman–Crippen LogP) is -0.190. The lowest BCUT2D eigenvalue weighted by Gasteiger charge is -2.29. The molecule has 2 amide bonds. The van der Waals surface area contributed by atoms with Crippen molar-refractivity contribution >= 4 is 17.6 Å². The van der Waals surface area contributed by atoms with E-state index in [4.69, 9.17) is 5.73 Å². The number of nitrogens with one attached hydrogen (secondary N) is 1. The average molecular weight is 269 g/mol. The maximum atomic E-state index is 12.2. The first-order valence-corrected chi connectivity index (χ1v) is 6.90. The zero-order valence-electron chi connectivity index (χ0n) is 11.6. The van der Waals surface area contributed by atoms with Crippen molar-refractivity contribution in [3.63, 3.8) is 0 Å². The standard InChI is InChI=1S/C13H23N3O3/c1-3-6-9(11(17)13(19)15-4-2)16-8-5-7-10(16)12(14)18/h9-10H,3-8H2,1-2H3,(H2,14,18)(H,15,19)/t9-,10?/m0/s1. The van der Waals surface area contributed by atoms with E-state index < -0.39 is 29.7 Å². The van der Waals surface area contributed by atoms with Gasteiger partial charge in [-0.25, -0.2) is 0 Å². The Morgan fingerprint density at radius 1 is 1.37 bits per heavy atom. The number of amides is 2. The molecule has 1 heterocycles. The van der Waals surface area contributed by atoms with Crippen LogP contribution in [0.2, 0.25) is 0 Å². The number of nitrogens with two attached hydrogens (primary N) is 1. The highest BCUT2D eigenvalue weighted by Crippen LogP contribution is 2.22. The smallest absolute Gasteiger partial charge is 0.289 e. The fourth-order valence-corrected chi connectivity index (χ4v) is 2.59. The molecule has 1 unspecified atom stereocenters. The molecule has 1 rings (SSSR count). The number of carbonyl (C=O) groups excluding carboxylic acids is 3. The summed E-state index contributed by atoms with van der Waals surface area (Å²) in [5.74, 6) is -1.45. The van der Waals surface area contributed by atoms with Gasteiger partial charge in [-0.05, 0) is 32.7 Å². The zero-order chi connectivity index (χ0) is 14.4. The molecule has 6 heteroatoms. The minimum Gasteiger partial charge on any atom is -0.368 e. The Balaban J connectivity index is 2.84. The molecular weight excluding hydrogens is 246 g/mol. The van der Waals surface area contributed by atoms with E-state index >= 15 is 0 Å². The largest absolute Gasteiger partial charge is 0.368 e. The van der Waals surface area contributed by atoms with Crippen molar-refractivity contribution in [1.82, 2.24) is 10.2 Å². The maximum Gasteiger partial charge on any atom is 0.289 e. The van der Waals surface area contributed by atoms with Crippen molar-refractivity contribution in [3.05, 3.63) is 0 Å². The Labute approximate surface area is 113 Å². The van der Waals surface area contributed by atoms with Gasteiger partial charge in [0.25, 0.3) is 5.91 Å². The summed E-state index contributed by atoms with van der Waals surface area (Å²) in [4.78, 5) is 37.1. The Morgan fingerprint density at radius 3 is 2.58 bits per heavy atom. The van der Waals surface area contributed by atoms with Crippen LogP contribution in [0.1, 0.15) is 39.5 Å². The van der Waals surface area contributed by atoms with Crippen molar-refractivity contribution in [2.24, 2.45) is 5.73 Å². The molecule has 1 aliphatic rings. The fourth-order valence-electron chi connectivity index (χ4n) is 2.59. The van der Waals surface area contributed by atoms with E-state index in [2.05, 4.69) is 5.32 Å². The first-order valence-electron chi connectivity index (χ1n) is 6.90. The van der Waals surface area contributed by atoms with Gasteiger partial charge in [-0.2, -0.15) is 0 Å². The summed E-state index contributed by atoms with van der Waals surface area (Å²) in [6.07, 6.45) is 2.84. The normalized spacial score (nSPS) is 21.1. The second-order valence-corrected chi connectivity index (χ2v) is 4.83. The molecule has 0 aliphatic carbocycles. The molecule has 1 saturated heterocycles. The van der Waals surface area contributed by atoms with E-state index in [0.717, 1.165) is 12.8 Å². The molecule has 0 radical (unpaired) electrons. The number of carbonyl (C=O) groups is 3.